The third-order valence-electron chi connectivity index (χ3n) is 2.39. The number of rotatable bonds is 5. The molecular weight excluding hydrogens is 210 g/mol. The monoisotopic (exact) mass is 226 g/mol. The van der Waals surface area contributed by atoms with Crippen LogP contribution in [0.4, 0.5) is 8.78 Å². The lowest BCUT2D eigenvalue weighted by Gasteiger charge is -2.04. The zero-order chi connectivity index (χ0) is 12.1. The average molecular weight is 226 g/mol. The number of benzene rings is 1. The molecule has 1 rings (SSSR count). The summed E-state index contributed by atoms with van der Waals surface area (Å²) in [6.45, 7) is 4.09. The van der Waals surface area contributed by atoms with Gasteiger partial charge in [-0.1, -0.05) is 19.9 Å². The van der Waals surface area contributed by atoms with E-state index in [4.69, 9.17) is 0 Å². The van der Waals surface area contributed by atoms with Crippen molar-refractivity contribution in [3.8, 4) is 0 Å². The van der Waals surface area contributed by atoms with Crippen LogP contribution in [0.3, 0.4) is 0 Å². The van der Waals surface area contributed by atoms with Crippen LogP contribution in [0.5, 0.6) is 0 Å². The molecule has 0 aliphatic heterocycles. The summed E-state index contributed by atoms with van der Waals surface area (Å²) in [5.74, 6) is -1.22. The molecular formula is C13H16F2O. The highest BCUT2D eigenvalue weighted by atomic mass is 19.2. The van der Waals surface area contributed by atoms with Crippen LogP contribution in [0, 0.1) is 17.6 Å². The first-order valence-electron chi connectivity index (χ1n) is 5.44. The third-order valence-corrected chi connectivity index (χ3v) is 2.39. The summed E-state index contributed by atoms with van der Waals surface area (Å²) in [5.41, 5.74) is 0.535. The van der Waals surface area contributed by atoms with Crippen LogP contribution in [0.25, 0.3) is 0 Å². The molecule has 0 N–H and O–H groups in total. The number of hydrogen-bond donors (Lipinski definition) is 0. The van der Waals surface area contributed by atoms with E-state index < -0.39 is 11.6 Å². The Bertz CT molecular complexity index is 372. The van der Waals surface area contributed by atoms with Crippen LogP contribution in [-0.4, -0.2) is 5.78 Å². The van der Waals surface area contributed by atoms with Crippen LogP contribution in [0.2, 0.25) is 0 Å². The Hall–Kier alpha value is -1.25. The van der Waals surface area contributed by atoms with Gasteiger partial charge in [0.2, 0.25) is 0 Å². The predicted octanol–water partition coefficient (Wildman–Crippen LogP) is 3.51. The fraction of sp³-hybridized carbons (Fsp3) is 0.462. The summed E-state index contributed by atoms with van der Waals surface area (Å²) in [7, 11) is 0. The Morgan fingerprint density at radius 3 is 2.50 bits per heavy atom. The van der Waals surface area contributed by atoms with Crippen molar-refractivity contribution in [1.29, 1.82) is 0 Å². The van der Waals surface area contributed by atoms with Gasteiger partial charge < -0.3 is 0 Å². The molecule has 0 saturated heterocycles. The molecule has 0 amide bonds. The van der Waals surface area contributed by atoms with E-state index in [1.165, 1.54) is 6.07 Å². The van der Waals surface area contributed by atoms with Crippen molar-refractivity contribution < 1.29 is 13.6 Å². The van der Waals surface area contributed by atoms with Gasteiger partial charge in [0.15, 0.2) is 11.6 Å². The van der Waals surface area contributed by atoms with Gasteiger partial charge in [-0.3, -0.25) is 4.79 Å². The maximum absolute atomic E-state index is 12.9. The summed E-state index contributed by atoms with van der Waals surface area (Å²) < 4.78 is 25.5. The van der Waals surface area contributed by atoms with E-state index in [-0.39, 0.29) is 12.2 Å². The van der Waals surface area contributed by atoms with Crippen molar-refractivity contribution in [2.75, 3.05) is 0 Å². The van der Waals surface area contributed by atoms with Crippen LogP contribution in [0.15, 0.2) is 18.2 Å². The van der Waals surface area contributed by atoms with E-state index in [1.54, 1.807) is 0 Å². The number of hydrogen-bond acceptors (Lipinski definition) is 1. The highest BCUT2D eigenvalue weighted by Gasteiger charge is 2.08. The predicted molar refractivity (Wildman–Crippen MR) is 59.1 cm³/mol. The van der Waals surface area contributed by atoms with Crippen molar-refractivity contribution in [3.05, 3.63) is 35.4 Å². The molecule has 1 nitrogen and oxygen atoms in total. The first-order valence-corrected chi connectivity index (χ1v) is 5.44. The molecule has 0 aliphatic carbocycles. The molecule has 1 aromatic carbocycles. The number of carbonyl (C=O) groups is 1. The third kappa shape index (κ3) is 4.09. The molecule has 0 saturated carbocycles. The van der Waals surface area contributed by atoms with Crippen LogP contribution < -0.4 is 0 Å². The molecule has 0 heterocycles. The molecule has 0 unspecified atom stereocenters. The summed E-state index contributed by atoms with van der Waals surface area (Å²) in [5, 5.41) is 0. The molecule has 0 atom stereocenters. The zero-order valence-corrected chi connectivity index (χ0v) is 9.59. The van der Waals surface area contributed by atoms with Gasteiger partial charge in [-0.2, -0.15) is 0 Å². The van der Waals surface area contributed by atoms with Gasteiger partial charge in [0.1, 0.15) is 5.78 Å². The van der Waals surface area contributed by atoms with Gasteiger partial charge in [0.05, 0.1) is 0 Å². The second-order valence-electron chi connectivity index (χ2n) is 4.40. The minimum Gasteiger partial charge on any atom is -0.299 e. The highest BCUT2D eigenvalue weighted by molar-refractivity contribution is 5.80. The van der Waals surface area contributed by atoms with Gasteiger partial charge in [-0.25, -0.2) is 8.78 Å². The van der Waals surface area contributed by atoms with E-state index in [2.05, 4.69) is 0 Å². The van der Waals surface area contributed by atoms with E-state index in [9.17, 15) is 13.6 Å². The normalized spacial score (nSPS) is 10.8. The van der Waals surface area contributed by atoms with Crippen molar-refractivity contribution in [3.63, 3.8) is 0 Å². The Morgan fingerprint density at radius 1 is 1.25 bits per heavy atom. The van der Waals surface area contributed by atoms with E-state index >= 15 is 0 Å². The zero-order valence-electron chi connectivity index (χ0n) is 9.59. The first kappa shape index (κ1) is 12.8. The molecule has 16 heavy (non-hydrogen) atoms. The van der Waals surface area contributed by atoms with Gasteiger partial charge in [-0.05, 0) is 30.0 Å². The van der Waals surface area contributed by atoms with Crippen LogP contribution >= 0.6 is 0 Å². The number of Topliss-reactive ketones (excluding diaryl/α,β-unsaturated/α-hetero) is 1. The fourth-order valence-electron chi connectivity index (χ4n) is 1.42. The lowest BCUT2D eigenvalue weighted by Crippen LogP contribution is -2.05. The van der Waals surface area contributed by atoms with E-state index in [1.807, 2.05) is 13.8 Å². The number of ketones is 1. The highest BCUT2D eigenvalue weighted by Crippen LogP contribution is 2.11. The van der Waals surface area contributed by atoms with Crippen molar-refractivity contribution in [2.24, 2.45) is 5.92 Å². The molecule has 0 aliphatic rings. The van der Waals surface area contributed by atoms with Gasteiger partial charge >= 0.3 is 0 Å². The molecule has 0 radical (unpaired) electrons. The van der Waals surface area contributed by atoms with Crippen molar-refractivity contribution in [1.82, 2.24) is 0 Å². The maximum Gasteiger partial charge on any atom is 0.159 e. The van der Waals surface area contributed by atoms with Gasteiger partial charge in [0, 0.05) is 12.8 Å². The number of halogens is 2. The molecule has 0 bridgehead atoms. The fourth-order valence-corrected chi connectivity index (χ4v) is 1.42. The number of carbonyl (C=O) groups excluding carboxylic acids is 1. The molecule has 1 aromatic rings. The lowest BCUT2D eigenvalue weighted by atomic mass is 10.0. The molecule has 0 aromatic heterocycles. The maximum atomic E-state index is 12.9. The summed E-state index contributed by atoms with van der Waals surface area (Å²) in [6, 6.07) is 3.59. The second-order valence-corrected chi connectivity index (χ2v) is 4.40. The summed E-state index contributed by atoms with van der Waals surface area (Å²) >= 11 is 0. The van der Waals surface area contributed by atoms with Crippen molar-refractivity contribution in [2.45, 2.75) is 33.1 Å². The standard InChI is InChI=1S/C13H16F2O/c1-9(2)3-5-11(16)7-10-4-6-12(14)13(15)8-10/h4,6,8-9H,3,5,7H2,1-2H3. The van der Waals surface area contributed by atoms with Crippen LogP contribution in [0.1, 0.15) is 32.3 Å². The van der Waals surface area contributed by atoms with Crippen molar-refractivity contribution >= 4 is 5.78 Å². The largest absolute Gasteiger partial charge is 0.299 e. The smallest absolute Gasteiger partial charge is 0.159 e. The Kier molecular flexibility index (Phi) is 4.59. The molecule has 88 valence electrons. The minimum atomic E-state index is -0.894. The second kappa shape index (κ2) is 5.73. The Balaban J connectivity index is 2.53. The van der Waals surface area contributed by atoms with Gasteiger partial charge in [-0.15, -0.1) is 0 Å². The van der Waals surface area contributed by atoms with Gasteiger partial charge in [0.25, 0.3) is 0 Å². The van der Waals surface area contributed by atoms with E-state index in [0.29, 0.717) is 17.9 Å². The first-order chi connectivity index (χ1) is 7.49. The van der Waals surface area contributed by atoms with E-state index in [0.717, 1.165) is 18.6 Å². The molecule has 0 spiro atoms. The average Bonchev–Trinajstić information content (AvgIpc) is 2.21. The summed E-state index contributed by atoms with van der Waals surface area (Å²) in [6.07, 6.45) is 1.52. The quantitative estimate of drug-likeness (QED) is 0.750. The lowest BCUT2D eigenvalue weighted by molar-refractivity contribution is -0.118. The molecule has 0 fully saturated rings. The topological polar surface area (TPSA) is 17.1 Å². The summed E-state index contributed by atoms with van der Waals surface area (Å²) in [4.78, 5) is 11.5. The minimum absolute atomic E-state index is 0.0692. The Labute approximate surface area is 94.5 Å². The molecule has 3 heteroatoms. The Morgan fingerprint density at radius 2 is 1.94 bits per heavy atom. The van der Waals surface area contributed by atoms with Crippen LogP contribution in [-0.2, 0) is 11.2 Å². The SMILES string of the molecule is CC(C)CCC(=O)Cc1ccc(F)c(F)c1.